The molecule has 3 amide bonds. The van der Waals surface area contributed by atoms with Gasteiger partial charge in [-0.15, -0.1) is 0 Å². The summed E-state index contributed by atoms with van der Waals surface area (Å²) in [5.74, 6) is -2.34. The summed E-state index contributed by atoms with van der Waals surface area (Å²) in [5, 5.41) is 15.1. The quantitative estimate of drug-likeness (QED) is 0.463. The van der Waals surface area contributed by atoms with Crippen LogP contribution in [0.3, 0.4) is 0 Å². The monoisotopic (exact) mass is 533 g/mol. The molecule has 1 heterocycles. The number of halogens is 1. The fourth-order valence-corrected chi connectivity index (χ4v) is 4.52. The number of nitrogens with one attached hydrogen (secondary N) is 1. The minimum atomic E-state index is -1.69. The van der Waals surface area contributed by atoms with Gasteiger partial charge >= 0.3 is 0 Å². The van der Waals surface area contributed by atoms with E-state index in [-0.39, 0.29) is 30.8 Å². The second-order valence-corrected chi connectivity index (χ2v) is 9.67. The molecule has 0 unspecified atom stereocenters. The van der Waals surface area contributed by atoms with E-state index in [0.29, 0.717) is 0 Å². The zero-order chi connectivity index (χ0) is 28.1. The molecule has 0 saturated carbocycles. The topological polar surface area (TPSA) is 99.2 Å². The van der Waals surface area contributed by atoms with Crippen LogP contribution in [0.1, 0.15) is 39.5 Å². The Balaban J connectivity index is 1.51. The molecule has 1 aliphatic heterocycles. The molecule has 1 aliphatic rings. The molecule has 0 spiro atoms. The molecule has 0 aliphatic carbocycles. The van der Waals surface area contributed by atoms with Crippen LogP contribution in [0.15, 0.2) is 72.8 Å². The molecule has 39 heavy (non-hydrogen) atoms. The van der Waals surface area contributed by atoms with Crippen molar-refractivity contribution in [3.8, 4) is 0 Å². The van der Waals surface area contributed by atoms with E-state index in [1.54, 1.807) is 19.1 Å². The summed E-state index contributed by atoms with van der Waals surface area (Å²) in [6.07, 6.45) is -1.56. The normalized spacial score (nSPS) is 17.1. The molecule has 3 aromatic carbocycles. The average Bonchev–Trinajstić information content (AvgIpc) is 2.93. The summed E-state index contributed by atoms with van der Waals surface area (Å²) in [4.78, 5) is 46.4. The molecule has 9 heteroatoms. The maximum atomic E-state index is 14.1. The van der Waals surface area contributed by atoms with Crippen LogP contribution < -0.4 is 5.32 Å². The molecule has 204 valence electrons. The Bertz CT molecular complexity index is 1350. The molecule has 3 aromatic rings. The van der Waals surface area contributed by atoms with Gasteiger partial charge in [-0.2, -0.15) is 0 Å². The van der Waals surface area contributed by atoms with Crippen LogP contribution in [0.4, 0.5) is 4.39 Å². The molecule has 3 atom stereocenters. The van der Waals surface area contributed by atoms with Crippen LogP contribution in [0.5, 0.6) is 0 Å². The van der Waals surface area contributed by atoms with Gasteiger partial charge in [-0.25, -0.2) is 14.3 Å². The first-order valence-corrected chi connectivity index (χ1v) is 12.7. The lowest BCUT2D eigenvalue weighted by Crippen LogP contribution is -2.61. The highest BCUT2D eigenvalue weighted by molar-refractivity contribution is 5.96. The van der Waals surface area contributed by atoms with Crippen molar-refractivity contribution < 1.29 is 28.7 Å². The van der Waals surface area contributed by atoms with E-state index in [1.807, 2.05) is 49.4 Å². The number of aliphatic hydroxyl groups is 1. The number of aliphatic hydroxyl groups excluding tert-OH is 1. The maximum Gasteiger partial charge on any atom is 0.269 e. The summed E-state index contributed by atoms with van der Waals surface area (Å²) in [7, 11) is 0. The molecular formula is C30H32FN3O5. The zero-order valence-corrected chi connectivity index (χ0v) is 22.1. The van der Waals surface area contributed by atoms with Crippen molar-refractivity contribution in [1.82, 2.24) is 15.3 Å². The number of benzene rings is 3. The third kappa shape index (κ3) is 6.32. The predicted octanol–water partition coefficient (Wildman–Crippen LogP) is 3.29. The van der Waals surface area contributed by atoms with E-state index in [2.05, 4.69) is 5.32 Å². The number of aryl methyl sites for hydroxylation is 1. The highest BCUT2D eigenvalue weighted by Gasteiger charge is 2.40. The number of nitrogens with zero attached hydrogens (tertiary/aromatic N) is 2. The Morgan fingerprint density at radius 3 is 2.46 bits per heavy atom. The van der Waals surface area contributed by atoms with Crippen LogP contribution in [0.2, 0.25) is 0 Å². The van der Waals surface area contributed by atoms with Gasteiger partial charge in [0.05, 0.1) is 12.6 Å². The Morgan fingerprint density at radius 2 is 1.74 bits per heavy atom. The summed E-state index contributed by atoms with van der Waals surface area (Å²) < 4.78 is 14.1. The van der Waals surface area contributed by atoms with Crippen LogP contribution in [-0.4, -0.2) is 57.7 Å². The van der Waals surface area contributed by atoms with Crippen molar-refractivity contribution in [2.24, 2.45) is 0 Å². The number of hydroxylamine groups is 2. The summed E-state index contributed by atoms with van der Waals surface area (Å²) in [6, 6.07) is 18.9. The Labute approximate surface area is 227 Å². The largest absolute Gasteiger partial charge is 0.381 e. The van der Waals surface area contributed by atoms with Gasteiger partial charge in [-0.3, -0.25) is 14.4 Å². The van der Waals surface area contributed by atoms with Crippen LogP contribution >= 0.6 is 0 Å². The molecule has 0 bridgehead atoms. The summed E-state index contributed by atoms with van der Waals surface area (Å²) >= 11 is 0. The number of rotatable bonds is 8. The van der Waals surface area contributed by atoms with Gasteiger partial charge in [0.2, 0.25) is 0 Å². The van der Waals surface area contributed by atoms with Crippen LogP contribution in [-0.2, 0) is 27.4 Å². The summed E-state index contributed by atoms with van der Waals surface area (Å²) in [5.41, 5.74) is 2.95. The third-order valence-electron chi connectivity index (χ3n) is 7.04. The lowest BCUT2D eigenvalue weighted by Gasteiger charge is -2.39. The highest BCUT2D eigenvalue weighted by Crippen LogP contribution is 2.20. The zero-order valence-electron chi connectivity index (χ0n) is 22.1. The molecule has 0 aromatic heterocycles. The van der Waals surface area contributed by atoms with Crippen LogP contribution in [0.25, 0.3) is 0 Å². The first-order chi connectivity index (χ1) is 18.7. The number of amides is 3. The first kappa shape index (κ1) is 27.9. The van der Waals surface area contributed by atoms with Gasteiger partial charge in [-0.1, -0.05) is 60.7 Å². The summed E-state index contributed by atoms with van der Waals surface area (Å²) in [6.45, 7) is 4.97. The van der Waals surface area contributed by atoms with Crippen molar-refractivity contribution in [1.29, 1.82) is 0 Å². The molecule has 0 radical (unpaired) electrons. The van der Waals surface area contributed by atoms with E-state index >= 15 is 0 Å². The Hall–Kier alpha value is -4.08. The molecule has 1 saturated heterocycles. The second kappa shape index (κ2) is 12.2. The number of hydrogen-bond acceptors (Lipinski definition) is 5. The van der Waals surface area contributed by atoms with Crippen molar-refractivity contribution in [3.05, 3.63) is 106 Å². The Morgan fingerprint density at radius 1 is 1.05 bits per heavy atom. The smallest absolute Gasteiger partial charge is 0.269 e. The lowest BCUT2D eigenvalue weighted by atomic mass is 9.98. The standard InChI is InChI=1S/C30H32FN3O5/c1-19-10-7-8-13-23(19)17-34-29(37)21(3)33(18-39-34)30(38)27(35)26(16-22-11-5-4-6-12-22)32-28(36)24-14-9-15-25(31)20(24)2/h4-15,21,26-27,35H,16-18H2,1-3H3,(H,32,36)/t21-,26-,27-/m0/s1. The maximum absolute atomic E-state index is 14.1. The van der Waals surface area contributed by atoms with Gasteiger partial charge < -0.3 is 15.3 Å². The van der Waals surface area contributed by atoms with Gasteiger partial charge in [0, 0.05) is 5.56 Å². The number of hydrogen-bond donors (Lipinski definition) is 2. The first-order valence-electron chi connectivity index (χ1n) is 12.7. The van der Waals surface area contributed by atoms with E-state index in [4.69, 9.17) is 4.84 Å². The van der Waals surface area contributed by atoms with Gasteiger partial charge in [-0.05, 0) is 61.6 Å². The van der Waals surface area contributed by atoms with Gasteiger partial charge in [0.1, 0.15) is 18.6 Å². The van der Waals surface area contributed by atoms with E-state index in [0.717, 1.165) is 21.6 Å². The van der Waals surface area contributed by atoms with Gasteiger partial charge in [0.15, 0.2) is 6.10 Å². The molecular weight excluding hydrogens is 501 g/mol. The fraction of sp³-hybridized carbons (Fsp3) is 0.300. The van der Waals surface area contributed by atoms with Crippen molar-refractivity contribution in [2.75, 3.05) is 6.73 Å². The van der Waals surface area contributed by atoms with Crippen molar-refractivity contribution in [3.63, 3.8) is 0 Å². The number of carbonyl (C=O) groups is 3. The third-order valence-corrected chi connectivity index (χ3v) is 7.04. The van der Waals surface area contributed by atoms with Gasteiger partial charge in [0.25, 0.3) is 17.7 Å². The van der Waals surface area contributed by atoms with Crippen LogP contribution in [0, 0.1) is 19.7 Å². The van der Waals surface area contributed by atoms with Crippen molar-refractivity contribution >= 4 is 17.7 Å². The van der Waals surface area contributed by atoms with E-state index in [1.165, 1.54) is 30.2 Å². The SMILES string of the molecule is Cc1ccccc1CN1OCN(C(=O)[C@@H](O)[C@H](Cc2ccccc2)NC(=O)c2cccc(F)c2C)[C@@H](C)C1=O. The van der Waals surface area contributed by atoms with E-state index < -0.39 is 41.7 Å². The predicted molar refractivity (Wildman–Crippen MR) is 143 cm³/mol. The fourth-order valence-electron chi connectivity index (χ4n) is 4.52. The second-order valence-electron chi connectivity index (χ2n) is 9.67. The van der Waals surface area contributed by atoms with E-state index in [9.17, 15) is 23.9 Å². The lowest BCUT2D eigenvalue weighted by molar-refractivity contribution is -0.237. The Kier molecular flexibility index (Phi) is 8.73. The average molecular weight is 534 g/mol. The minimum Gasteiger partial charge on any atom is -0.381 e. The molecule has 1 fully saturated rings. The molecule has 4 rings (SSSR count). The molecule has 2 N–H and O–H groups in total. The van der Waals surface area contributed by atoms with Crippen molar-refractivity contribution in [2.45, 2.75) is 51.9 Å². The molecule has 8 nitrogen and oxygen atoms in total. The number of carbonyl (C=O) groups excluding carboxylic acids is 3. The highest BCUT2D eigenvalue weighted by atomic mass is 19.1. The minimum absolute atomic E-state index is 0.101.